The van der Waals surface area contributed by atoms with E-state index in [4.69, 9.17) is 4.74 Å². The van der Waals surface area contributed by atoms with Crippen LogP contribution in [0.1, 0.15) is 50.7 Å². The molecule has 1 nitrogen and oxygen atoms in total. The van der Waals surface area contributed by atoms with E-state index in [2.05, 4.69) is 45.9 Å². The maximum atomic E-state index is 6.06. The molecular formula is C18H22O. The number of hydrogen-bond acceptors (Lipinski definition) is 1. The second-order valence-corrected chi connectivity index (χ2v) is 5.52. The Morgan fingerprint density at radius 2 is 1.47 bits per heavy atom. The van der Waals surface area contributed by atoms with Crippen molar-refractivity contribution in [2.24, 2.45) is 0 Å². The molecule has 0 unspecified atom stereocenters. The van der Waals surface area contributed by atoms with Crippen LogP contribution in [0.15, 0.2) is 48.5 Å². The molecule has 0 radical (unpaired) electrons. The lowest BCUT2D eigenvalue weighted by atomic mass is 9.96. The molecule has 0 aliphatic heterocycles. The van der Waals surface area contributed by atoms with Gasteiger partial charge in [-0.15, -0.1) is 0 Å². The normalized spacial score (nSPS) is 11.1. The summed E-state index contributed by atoms with van der Waals surface area (Å²) < 4.78 is 6.06. The highest BCUT2D eigenvalue weighted by molar-refractivity contribution is 5.43. The van der Waals surface area contributed by atoms with Crippen molar-refractivity contribution in [3.63, 3.8) is 0 Å². The molecule has 0 bridgehead atoms. The Kier molecular flexibility index (Phi) is 4.26. The summed E-state index contributed by atoms with van der Waals surface area (Å²) in [6.45, 7) is 8.80. The van der Waals surface area contributed by atoms with Gasteiger partial charge in [0.25, 0.3) is 0 Å². The Labute approximate surface area is 116 Å². The number of rotatable bonds is 4. The van der Waals surface area contributed by atoms with Crippen molar-refractivity contribution in [1.82, 2.24) is 0 Å². The van der Waals surface area contributed by atoms with Gasteiger partial charge in [-0.1, -0.05) is 58.0 Å². The zero-order valence-electron chi connectivity index (χ0n) is 12.2. The molecule has 2 aromatic rings. The van der Waals surface area contributed by atoms with E-state index in [0.29, 0.717) is 11.8 Å². The van der Waals surface area contributed by atoms with Crippen molar-refractivity contribution in [3.05, 3.63) is 59.7 Å². The summed E-state index contributed by atoms with van der Waals surface area (Å²) >= 11 is 0. The van der Waals surface area contributed by atoms with E-state index in [9.17, 15) is 0 Å². The fourth-order valence-electron chi connectivity index (χ4n) is 2.09. The molecule has 0 saturated carbocycles. The third-order valence-corrected chi connectivity index (χ3v) is 3.30. The standard InChI is InChI=1S/C18H22O/c1-13(2)15-10-11-17(14(3)4)18(12-15)19-16-8-6-5-7-9-16/h5-14H,1-4H3. The molecule has 0 saturated heterocycles. The van der Waals surface area contributed by atoms with Crippen LogP contribution >= 0.6 is 0 Å². The second kappa shape index (κ2) is 5.92. The Bertz CT molecular complexity index is 527. The number of para-hydroxylation sites is 1. The molecule has 0 aliphatic carbocycles. The van der Waals surface area contributed by atoms with Crippen LogP contribution < -0.4 is 4.74 Å². The Morgan fingerprint density at radius 3 is 2.05 bits per heavy atom. The van der Waals surface area contributed by atoms with Gasteiger partial charge in [0.1, 0.15) is 11.5 Å². The van der Waals surface area contributed by atoms with Crippen LogP contribution in [0.25, 0.3) is 0 Å². The summed E-state index contributed by atoms with van der Waals surface area (Å²) in [6.07, 6.45) is 0. The van der Waals surface area contributed by atoms with Crippen molar-refractivity contribution in [3.8, 4) is 11.5 Å². The molecule has 1 heteroatoms. The van der Waals surface area contributed by atoms with Crippen LogP contribution in [0.3, 0.4) is 0 Å². The highest BCUT2D eigenvalue weighted by atomic mass is 16.5. The van der Waals surface area contributed by atoms with E-state index in [0.717, 1.165) is 11.5 Å². The number of benzene rings is 2. The van der Waals surface area contributed by atoms with Crippen LogP contribution in [0, 0.1) is 0 Å². The summed E-state index contributed by atoms with van der Waals surface area (Å²) in [4.78, 5) is 0. The summed E-state index contributed by atoms with van der Waals surface area (Å²) in [5, 5.41) is 0. The summed E-state index contributed by atoms with van der Waals surface area (Å²) in [5.41, 5.74) is 2.57. The van der Waals surface area contributed by atoms with Gasteiger partial charge in [-0.2, -0.15) is 0 Å². The van der Waals surface area contributed by atoms with Gasteiger partial charge in [-0.25, -0.2) is 0 Å². The van der Waals surface area contributed by atoms with E-state index in [1.807, 2.05) is 30.3 Å². The SMILES string of the molecule is CC(C)c1ccc(C(C)C)c(Oc2ccccc2)c1. The predicted octanol–water partition coefficient (Wildman–Crippen LogP) is 5.73. The first-order valence-corrected chi connectivity index (χ1v) is 6.94. The summed E-state index contributed by atoms with van der Waals surface area (Å²) in [6, 6.07) is 16.6. The number of ether oxygens (including phenoxy) is 1. The molecule has 19 heavy (non-hydrogen) atoms. The molecule has 0 amide bonds. The van der Waals surface area contributed by atoms with E-state index in [-0.39, 0.29) is 0 Å². The van der Waals surface area contributed by atoms with Crippen molar-refractivity contribution >= 4 is 0 Å². The maximum absolute atomic E-state index is 6.06. The molecule has 0 N–H and O–H groups in total. The smallest absolute Gasteiger partial charge is 0.131 e. The van der Waals surface area contributed by atoms with Crippen LogP contribution in [0.2, 0.25) is 0 Å². The molecule has 0 atom stereocenters. The summed E-state index contributed by atoms with van der Waals surface area (Å²) in [5.74, 6) is 2.84. The van der Waals surface area contributed by atoms with Crippen LogP contribution in [0.4, 0.5) is 0 Å². The fraction of sp³-hybridized carbons (Fsp3) is 0.333. The Balaban J connectivity index is 2.38. The third kappa shape index (κ3) is 3.37. The highest BCUT2D eigenvalue weighted by Gasteiger charge is 2.11. The third-order valence-electron chi connectivity index (χ3n) is 3.30. The average Bonchev–Trinajstić information content (AvgIpc) is 2.39. The van der Waals surface area contributed by atoms with Gasteiger partial charge in [-0.3, -0.25) is 0 Å². The number of hydrogen-bond donors (Lipinski definition) is 0. The minimum absolute atomic E-state index is 0.458. The molecule has 2 rings (SSSR count). The van der Waals surface area contributed by atoms with Gasteiger partial charge in [0.15, 0.2) is 0 Å². The maximum Gasteiger partial charge on any atom is 0.131 e. The van der Waals surface area contributed by atoms with Crippen LogP contribution in [0.5, 0.6) is 11.5 Å². The molecule has 2 aromatic carbocycles. The lowest BCUT2D eigenvalue weighted by molar-refractivity contribution is 0.472. The average molecular weight is 254 g/mol. The van der Waals surface area contributed by atoms with Gasteiger partial charge in [0, 0.05) is 0 Å². The molecule has 0 spiro atoms. The molecule has 0 fully saturated rings. The monoisotopic (exact) mass is 254 g/mol. The summed E-state index contributed by atoms with van der Waals surface area (Å²) in [7, 11) is 0. The first kappa shape index (κ1) is 13.7. The zero-order chi connectivity index (χ0) is 13.8. The molecule has 100 valence electrons. The van der Waals surface area contributed by atoms with Gasteiger partial charge in [0.05, 0.1) is 0 Å². The topological polar surface area (TPSA) is 9.23 Å². The van der Waals surface area contributed by atoms with Crippen molar-refractivity contribution in [2.75, 3.05) is 0 Å². The van der Waals surface area contributed by atoms with Gasteiger partial charge < -0.3 is 4.74 Å². The first-order chi connectivity index (χ1) is 9.08. The van der Waals surface area contributed by atoms with Crippen LogP contribution in [-0.4, -0.2) is 0 Å². The van der Waals surface area contributed by atoms with E-state index in [1.54, 1.807) is 0 Å². The lowest BCUT2D eigenvalue weighted by Crippen LogP contribution is -1.97. The molecular weight excluding hydrogens is 232 g/mol. The van der Waals surface area contributed by atoms with E-state index < -0.39 is 0 Å². The molecule has 0 heterocycles. The fourth-order valence-corrected chi connectivity index (χ4v) is 2.09. The molecule has 0 aromatic heterocycles. The van der Waals surface area contributed by atoms with E-state index >= 15 is 0 Å². The van der Waals surface area contributed by atoms with Crippen LogP contribution in [-0.2, 0) is 0 Å². The predicted molar refractivity (Wildman–Crippen MR) is 81.1 cm³/mol. The van der Waals surface area contributed by atoms with E-state index in [1.165, 1.54) is 11.1 Å². The molecule has 0 aliphatic rings. The largest absolute Gasteiger partial charge is 0.457 e. The van der Waals surface area contributed by atoms with Crippen molar-refractivity contribution in [1.29, 1.82) is 0 Å². The Morgan fingerprint density at radius 1 is 0.789 bits per heavy atom. The van der Waals surface area contributed by atoms with Crippen molar-refractivity contribution in [2.45, 2.75) is 39.5 Å². The van der Waals surface area contributed by atoms with Gasteiger partial charge in [-0.05, 0) is 41.2 Å². The second-order valence-electron chi connectivity index (χ2n) is 5.52. The first-order valence-electron chi connectivity index (χ1n) is 6.94. The highest BCUT2D eigenvalue weighted by Crippen LogP contribution is 2.33. The van der Waals surface area contributed by atoms with Crippen molar-refractivity contribution < 1.29 is 4.74 Å². The minimum Gasteiger partial charge on any atom is -0.457 e. The van der Waals surface area contributed by atoms with Gasteiger partial charge in [0.2, 0.25) is 0 Å². The Hall–Kier alpha value is -1.76. The quantitative estimate of drug-likeness (QED) is 0.677. The lowest BCUT2D eigenvalue weighted by Gasteiger charge is -2.16. The van der Waals surface area contributed by atoms with Gasteiger partial charge >= 0.3 is 0 Å². The minimum atomic E-state index is 0.458. The zero-order valence-corrected chi connectivity index (χ0v) is 12.2.